The van der Waals surface area contributed by atoms with Crippen LogP contribution in [-0.4, -0.2) is 41.5 Å². The molecule has 0 radical (unpaired) electrons. The molecule has 0 aliphatic carbocycles. The van der Waals surface area contributed by atoms with Gasteiger partial charge in [0.2, 0.25) is 5.91 Å². The smallest absolute Gasteiger partial charge is 0.221 e. The first-order valence-corrected chi connectivity index (χ1v) is 8.82. The van der Waals surface area contributed by atoms with Crippen molar-refractivity contribution >= 4 is 29.0 Å². The molecule has 2 rings (SSSR count). The third-order valence-corrected chi connectivity index (χ3v) is 5.21. The molecule has 1 saturated heterocycles. The predicted octanol–water partition coefficient (Wildman–Crippen LogP) is 1.46. The molecule has 1 aliphatic rings. The number of carbonyl (C=O) groups excluding carboxylic acids is 1. The molecule has 106 valence electrons. The van der Waals surface area contributed by atoms with Crippen molar-refractivity contribution in [1.82, 2.24) is 15.6 Å². The zero-order chi connectivity index (χ0) is 13.5. The summed E-state index contributed by atoms with van der Waals surface area (Å²) in [5.74, 6) is 2.34. The van der Waals surface area contributed by atoms with Gasteiger partial charge in [-0.05, 0) is 6.42 Å². The molecule has 1 aromatic heterocycles. The van der Waals surface area contributed by atoms with Crippen LogP contribution in [0.1, 0.15) is 24.0 Å². The molecule has 1 amide bonds. The Morgan fingerprint density at radius 1 is 1.63 bits per heavy atom. The molecule has 2 heterocycles. The summed E-state index contributed by atoms with van der Waals surface area (Å²) >= 11 is 3.62. The summed E-state index contributed by atoms with van der Waals surface area (Å²) in [6.07, 6.45) is 2.40. The van der Waals surface area contributed by atoms with Gasteiger partial charge >= 0.3 is 0 Å². The largest absolute Gasteiger partial charge is 0.356 e. The lowest BCUT2D eigenvalue weighted by atomic mass is 10.2. The molecule has 0 bridgehead atoms. The molecular weight excluding hydrogens is 278 g/mol. The summed E-state index contributed by atoms with van der Waals surface area (Å²) in [4.78, 5) is 16.3. The maximum atomic E-state index is 11.8. The maximum absolute atomic E-state index is 11.8. The van der Waals surface area contributed by atoms with Crippen molar-refractivity contribution in [3.63, 3.8) is 0 Å². The van der Waals surface area contributed by atoms with Gasteiger partial charge in [-0.15, -0.1) is 11.3 Å². The van der Waals surface area contributed by atoms with E-state index >= 15 is 0 Å². The van der Waals surface area contributed by atoms with E-state index in [1.54, 1.807) is 11.3 Å². The van der Waals surface area contributed by atoms with Gasteiger partial charge in [-0.25, -0.2) is 4.98 Å². The highest BCUT2D eigenvalue weighted by atomic mass is 32.2. The Morgan fingerprint density at radius 2 is 2.53 bits per heavy atom. The Kier molecular flexibility index (Phi) is 6.13. The van der Waals surface area contributed by atoms with Crippen LogP contribution in [-0.2, 0) is 17.6 Å². The molecule has 1 unspecified atom stereocenters. The fraction of sp³-hybridized carbons (Fsp3) is 0.692. The molecule has 0 aromatic carbocycles. The van der Waals surface area contributed by atoms with Crippen LogP contribution in [0.3, 0.4) is 0 Å². The first-order chi connectivity index (χ1) is 9.28. The van der Waals surface area contributed by atoms with E-state index in [0.29, 0.717) is 19.0 Å². The highest BCUT2D eigenvalue weighted by Crippen LogP contribution is 2.11. The van der Waals surface area contributed by atoms with E-state index in [9.17, 15) is 4.79 Å². The first-order valence-electron chi connectivity index (χ1n) is 6.79. The van der Waals surface area contributed by atoms with Crippen LogP contribution in [0.5, 0.6) is 0 Å². The molecule has 4 nitrogen and oxygen atoms in total. The standard InChI is InChI=1S/C13H21N3OS2/c1-2-13-16-10(9-19-13)3-4-15-12(17)7-11-8-18-6-5-14-11/h9,11,14H,2-8H2,1H3,(H,15,17). The minimum absolute atomic E-state index is 0.144. The van der Waals surface area contributed by atoms with Gasteiger partial charge in [0, 0.05) is 48.9 Å². The van der Waals surface area contributed by atoms with Crippen LogP contribution >= 0.6 is 23.1 Å². The highest BCUT2D eigenvalue weighted by Gasteiger charge is 2.16. The molecule has 1 aromatic rings. The number of nitrogens with zero attached hydrogens (tertiary/aromatic N) is 1. The SMILES string of the molecule is CCc1nc(CCNC(=O)CC2CSCCN2)cs1. The lowest BCUT2D eigenvalue weighted by Crippen LogP contribution is -2.41. The van der Waals surface area contributed by atoms with Crippen molar-refractivity contribution in [3.05, 3.63) is 16.1 Å². The molecule has 0 saturated carbocycles. The normalized spacial score (nSPS) is 19.3. The van der Waals surface area contributed by atoms with Crippen molar-refractivity contribution in [2.75, 3.05) is 24.6 Å². The second kappa shape index (κ2) is 7.87. The van der Waals surface area contributed by atoms with Gasteiger partial charge in [0.25, 0.3) is 0 Å². The summed E-state index contributed by atoms with van der Waals surface area (Å²) in [5, 5.41) is 9.62. The molecule has 2 N–H and O–H groups in total. The van der Waals surface area contributed by atoms with E-state index < -0.39 is 0 Å². The molecule has 19 heavy (non-hydrogen) atoms. The van der Waals surface area contributed by atoms with Crippen LogP contribution in [0.4, 0.5) is 0 Å². The molecule has 1 aliphatic heterocycles. The Balaban J connectivity index is 1.63. The lowest BCUT2D eigenvalue weighted by Gasteiger charge is -2.22. The number of thiazole rings is 1. The van der Waals surface area contributed by atoms with E-state index in [1.165, 1.54) is 5.01 Å². The number of thioether (sulfide) groups is 1. The van der Waals surface area contributed by atoms with Crippen LogP contribution in [0, 0.1) is 0 Å². The summed E-state index contributed by atoms with van der Waals surface area (Å²) in [6, 6.07) is 0.338. The monoisotopic (exact) mass is 299 g/mol. The van der Waals surface area contributed by atoms with E-state index in [4.69, 9.17) is 0 Å². The van der Waals surface area contributed by atoms with Gasteiger partial charge in [0.1, 0.15) is 0 Å². The number of carbonyl (C=O) groups is 1. The van der Waals surface area contributed by atoms with Crippen molar-refractivity contribution in [2.24, 2.45) is 0 Å². The fourth-order valence-corrected chi connectivity index (χ4v) is 3.73. The van der Waals surface area contributed by atoms with Crippen LogP contribution < -0.4 is 10.6 Å². The van der Waals surface area contributed by atoms with Crippen molar-refractivity contribution in [1.29, 1.82) is 0 Å². The summed E-state index contributed by atoms with van der Waals surface area (Å²) in [7, 11) is 0. The third-order valence-electron chi connectivity index (χ3n) is 3.04. The molecule has 0 spiro atoms. The second-order valence-electron chi connectivity index (χ2n) is 4.62. The van der Waals surface area contributed by atoms with Gasteiger partial charge in [0.15, 0.2) is 0 Å². The average Bonchev–Trinajstić information content (AvgIpc) is 2.88. The second-order valence-corrected chi connectivity index (χ2v) is 6.71. The predicted molar refractivity (Wildman–Crippen MR) is 81.9 cm³/mol. The average molecular weight is 299 g/mol. The topological polar surface area (TPSA) is 54.0 Å². The Morgan fingerprint density at radius 3 is 3.21 bits per heavy atom. The maximum Gasteiger partial charge on any atom is 0.221 e. The van der Waals surface area contributed by atoms with Crippen LogP contribution in [0.25, 0.3) is 0 Å². The number of nitrogens with one attached hydrogen (secondary N) is 2. The first kappa shape index (κ1) is 14.8. The third kappa shape index (κ3) is 5.12. The van der Waals surface area contributed by atoms with Crippen molar-refractivity contribution in [2.45, 2.75) is 32.2 Å². The zero-order valence-corrected chi connectivity index (χ0v) is 12.9. The van der Waals surface area contributed by atoms with Crippen LogP contribution in [0.15, 0.2) is 5.38 Å². The quantitative estimate of drug-likeness (QED) is 0.835. The van der Waals surface area contributed by atoms with Crippen molar-refractivity contribution < 1.29 is 4.79 Å². The van der Waals surface area contributed by atoms with E-state index in [-0.39, 0.29) is 5.91 Å². The molecule has 6 heteroatoms. The van der Waals surface area contributed by atoms with Gasteiger partial charge < -0.3 is 10.6 Å². The molecular formula is C13H21N3OS2. The van der Waals surface area contributed by atoms with E-state index in [0.717, 1.165) is 36.6 Å². The number of aromatic nitrogens is 1. The van der Waals surface area contributed by atoms with E-state index in [2.05, 4.69) is 27.9 Å². The van der Waals surface area contributed by atoms with Gasteiger partial charge in [-0.1, -0.05) is 6.92 Å². The zero-order valence-electron chi connectivity index (χ0n) is 11.3. The number of amides is 1. The fourth-order valence-electron chi connectivity index (χ4n) is 2.00. The lowest BCUT2D eigenvalue weighted by molar-refractivity contribution is -0.121. The van der Waals surface area contributed by atoms with Crippen molar-refractivity contribution in [3.8, 4) is 0 Å². The minimum atomic E-state index is 0.144. The Labute approximate surface area is 122 Å². The van der Waals surface area contributed by atoms with Crippen LogP contribution in [0.2, 0.25) is 0 Å². The van der Waals surface area contributed by atoms with Gasteiger partial charge in [-0.3, -0.25) is 4.79 Å². The van der Waals surface area contributed by atoms with Gasteiger partial charge in [-0.2, -0.15) is 11.8 Å². The Hall–Kier alpha value is -0.590. The molecule has 1 fully saturated rings. The molecule has 1 atom stereocenters. The summed E-state index contributed by atoms with van der Waals surface area (Å²) in [5.41, 5.74) is 1.09. The highest BCUT2D eigenvalue weighted by molar-refractivity contribution is 7.99. The number of hydrogen-bond acceptors (Lipinski definition) is 5. The minimum Gasteiger partial charge on any atom is -0.356 e. The summed E-state index contributed by atoms with van der Waals surface area (Å²) in [6.45, 7) is 3.81. The summed E-state index contributed by atoms with van der Waals surface area (Å²) < 4.78 is 0. The number of aryl methyl sites for hydroxylation is 1. The number of hydrogen-bond donors (Lipinski definition) is 2. The number of rotatable bonds is 6. The van der Waals surface area contributed by atoms with Gasteiger partial charge in [0.05, 0.1) is 10.7 Å². The Bertz CT molecular complexity index is 402. The van der Waals surface area contributed by atoms with E-state index in [1.807, 2.05) is 11.8 Å².